The van der Waals surface area contributed by atoms with Gasteiger partial charge in [0.05, 0.1) is 11.1 Å². The first-order valence-corrected chi connectivity index (χ1v) is 11.9. The molecule has 1 fully saturated rings. The Labute approximate surface area is 217 Å². The normalized spacial score (nSPS) is 17.7. The van der Waals surface area contributed by atoms with E-state index < -0.39 is 60.7 Å². The fraction of sp³-hybridized carbons (Fsp3) is 0.308. The number of fused-ring (bicyclic) bond motifs is 1. The summed E-state index contributed by atoms with van der Waals surface area (Å²) in [7, 11) is 0. The van der Waals surface area contributed by atoms with Crippen molar-refractivity contribution in [3.63, 3.8) is 0 Å². The number of carbonyl (C=O) groups is 6. The molecule has 4 amide bonds. The molecule has 0 aromatic heterocycles. The molecule has 12 heteroatoms. The number of rotatable bonds is 8. The second kappa shape index (κ2) is 11.1. The van der Waals surface area contributed by atoms with Gasteiger partial charge in [-0.15, -0.1) is 0 Å². The summed E-state index contributed by atoms with van der Waals surface area (Å²) in [5, 5.41) is 20.5. The Balaban J connectivity index is 1.62. The standard InChI is InChI=1S/C26H25N3O9/c30-21(38-15-16-7-2-1-3-8-16)13-12-19(28-22(31)17-9-4-5-10-18(17)23(28)32)24(33)29-20(25(34)35)11-6-14-27(29)26(36)37/h1-5,7-10,19-20H,6,11-15H2,(H,34,35)(H,36,37). The number of esters is 1. The van der Waals surface area contributed by atoms with Crippen molar-refractivity contribution in [2.75, 3.05) is 6.54 Å². The average molecular weight is 523 g/mol. The Morgan fingerprint density at radius 3 is 2.11 bits per heavy atom. The zero-order valence-corrected chi connectivity index (χ0v) is 20.2. The first kappa shape index (κ1) is 26.3. The van der Waals surface area contributed by atoms with Crippen molar-refractivity contribution < 1.29 is 43.7 Å². The first-order chi connectivity index (χ1) is 18.2. The topological polar surface area (TPSA) is 162 Å². The van der Waals surface area contributed by atoms with Crippen LogP contribution in [-0.2, 0) is 25.7 Å². The molecular formula is C26H25N3O9. The lowest BCUT2D eigenvalue weighted by Crippen LogP contribution is -2.64. The number of imide groups is 1. The van der Waals surface area contributed by atoms with E-state index in [0.29, 0.717) is 14.9 Å². The van der Waals surface area contributed by atoms with Crippen LogP contribution in [0.1, 0.15) is 52.0 Å². The number of amides is 4. The number of hydrogen-bond acceptors (Lipinski definition) is 7. The Bertz CT molecular complexity index is 1220. The molecule has 0 radical (unpaired) electrons. The minimum atomic E-state index is -1.64. The summed E-state index contributed by atoms with van der Waals surface area (Å²) < 4.78 is 5.25. The van der Waals surface area contributed by atoms with E-state index in [1.165, 1.54) is 12.1 Å². The maximum Gasteiger partial charge on any atom is 0.426 e. The van der Waals surface area contributed by atoms with Gasteiger partial charge in [-0.1, -0.05) is 42.5 Å². The lowest BCUT2D eigenvalue weighted by Gasteiger charge is -2.42. The van der Waals surface area contributed by atoms with Crippen LogP contribution in [0.25, 0.3) is 0 Å². The SMILES string of the molecule is O=C(CCC(C(=O)N1C(C(=O)O)CCCN1C(=O)O)N1C(=O)c2ccccc2C1=O)OCc1ccccc1. The molecule has 0 bridgehead atoms. The minimum Gasteiger partial charge on any atom is -0.480 e. The molecule has 1 saturated heterocycles. The van der Waals surface area contributed by atoms with Gasteiger partial charge in [0, 0.05) is 13.0 Å². The van der Waals surface area contributed by atoms with E-state index in [1.807, 2.05) is 0 Å². The largest absolute Gasteiger partial charge is 0.480 e. The van der Waals surface area contributed by atoms with E-state index in [9.17, 15) is 39.0 Å². The molecule has 2 aliphatic heterocycles. The summed E-state index contributed by atoms with van der Waals surface area (Å²) in [5.41, 5.74) is 0.819. The number of carboxylic acids is 1. The summed E-state index contributed by atoms with van der Waals surface area (Å²) in [5.74, 6) is -4.84. The summed E-state index contributed by atoms with van der Waals surface area (Å²) in [6, 6.07) is 11.6. The molecule has 2 atom stereocenters. The molecule has 38 heavy (non-hydrogen) atoms. The van der Waals surface area contributed by atoms with Crippen LogP contribution in [0.5, 0.6) is 0 Å². The molecule has 198 valence electrons. The van der Waals surface area contributed by atoms with Crippen molar-refractivity contribution in [2.24, 2.45) is 0 Å². The number of hydrazine groups is 1. The molecule has 0 spiro atoms. The smallest absolute Gasteiger partial charge is 0.426 e. The molecule has 2 aliphatic rings. The summed E-state index contributed by atoms with van der Waals surface area (Å²) in [6.07, 6.45) is -2.19. The van der Waals surface area contributed by atoms with E-state index in [4.69, 9.17) is 4.74 Å². The monoisotopic (exact) mass is 523 g/mol. The highest BCUT2D eigenvalue weighted by atomic mass is 16.5. The van der Waals surface area contributed by atoms with E-state index >= 15 is 0 Å². The van der Waals surface area contributed by atoms with E-state index in [-0.39, 0.29) is 37.1 Å². The molecule has 2 aromatic carbocycles. The third kappa shape index (κ3) is 5.19. The fourth-order valence-corrected chi connectivity index (χ4v) is 4.59. The number of benzene rings is 2. The number of ether oxygens (including phenoxy) is 1. The van der Waals surface area contributed by atoms with Crippen LogP contribution in [0.3, 0.4) is 0 Å². The highest BCUT2D eigenvalue weighted by molar-refractivity contribution is 6.23. The zero-order valence-electron chi connectivity index (χ0n) is 20.2. The van der Waals surface area contributed by atoms with Crippen molar-refractivity contribution in [3.05, 3.63) is 71.3 Å². The lowest BCUT2D eigenvalue weighted by molar-refractivity contribution is -0.172. The number of hydrogen-bond donors (Lipinski definition) is 2. The van der Waals surface area contributed by atoms with Gasteiger partial charge in [-0.2, -0.15) is 0 Å². The molecule has 4 rings (SSSR count). The van der Waals surface area contributed by atoms with Gasteiger partial charge in [-0.25, -0.2) is 19.6 Å². The third-order valence-corrected chi connectivity index (χ3v) is 6.42. The van der Waals surface area contributed by atoms with Gasteiger partial charge in [0.15, 0.2) is 6.04 Å². The average Bonchev–Trinajstić information content (AvgIpc) is 3.17. The van der Waals surface area contributed by atoms with Gasteiger partial charge in [-0.05, 0) is 37.0 Å². The van der Waals surface area contributed by atoms with Crippen LogP contribution in [0.2, 0.25) is 0 Å². The van der Waals surface area contributed by atoms with Crippen molar-refractivity contribution in [3.8, 4) is 0 Å². The number of aliphatic carboxylic acids is 1. The van der Waals surface area contributed by atoms with E-state index in [1.54, 1.807) is 42.5 Å². The van der Waals surface area contributed by atoms with Gasteiger partial charge in [0.25, 0.3) is 17.7 Å². The summed E-state index contributed by atoms with van der Waals surface area (Å²) in [4.78, 5) is 77.2. The molecular weight excluding hydrogens is 498 g/mol. The molecule has 0 aliphatic carbocycles. The Hall–Kier alpha value is -4.74. The van der Waals surface area contributed by atoms with Crippen LogP contribution in [0.15, 0.2) is 54.6 Å². The number of carboxylic acid groups (broad SMARTS) is 2. The second-order valence-corrected chi connectivity index (χ2v) is 8.81. The Morgan fingerprint density at radius 1 is 0.921 bits per heavy atom. The summed E-state index contributed by atoms with van der Waals surface area (Å²) in [6.45, 7) is -0.190. The number of carbonyl (C=O) groups excluding carboxylic acids is 4. The van der Waals surface area contributed by atoms with Gasteiger partial charge in [0.1, 0.15) is 12.6 Å². The van der Waals surface area contributed by atoms with E-state index in [2.05, 4.69) is 0 Å². The van der Waals surface area contributed by atoms with Crippen molar-refractivity contribution in [2.45, 2.75) is 44.4 Å². The third-order valence-electron chi connectivity index (χ3n) is 6.42. The van der Waals surface area contributed by atoms with Gasteiger partial charge in [-0.3, -0.25) is 24.1 Å². The first-order valence-electron chi connectivity index (χ1n) is 11.9. The minimum absolute atomic E-state index is 0.0290. The molecule has 2 N–H and O–H groups in total. The predicted molar refractivity (Wildman–Crippen MR) is 128 cm³/mol. The maximum absolute atomic E-state index is 13.8. The van der Waals surface area contributed by atoms with Gasteiger partial charge >= 0.3 is 18.0 Å². The van der Waals surface area contributed by atoms with Crippen LogP contribution in [0, 0.1) is 0 Å². The highest BCUT2D eigenvalue weighted by Gasteiger charge is 2.48. The molecule has 2 aromatic rings. The van der Waals surface area contributed by atoms with Crippen molar-refractivity contribution in [1.29, 1.82) is 0 Å². The van der Waals surface area contributed by atoms with Crippen molar-refractivity contribution in [1.82, 2.24) is 14.9 Å². The second-order valence-electron chi connectivity index (χ2n) is 8.81. The quantitative estimate of drug-likeness (QED) is 0.390. The highest BCUT2D eigenvalue weighted by Crippen LogP contribution is 2.29. The molecule has 2 heterocycles. The maximum atomic E-state index is 13.8. The molecule has 2 unspecified atom stereocenters. The Morgan fingerprint density at radius 2 is 1.53 bits per heavy atom. The Kier molecular flexibility index (Phi) is 7.70. The zero-order chi connectivity index (χ0) is 27.4. The van der Waals surface area contributed by atoms with E-state index in [0.717, 1.165) is 5.56 Å². The lowest BCUT2D eigenvalue weighted by atomic mass is 10.0. The van der Waals surface area contributed by atoms with Crippen LogP contribution in [-0.4, -0.2) is 79.5 Å². The van der Waals surface area contributed by atoms with Crippen LogP contribution < -0.4 is 0 Å². The van der Waals surface area contributed by atoms with Gasteiger partial charge in [0.2, 0.25) is 0 Å². The van der Waals surface area contributed by atoms with Gasteiger partial charge < -0.3 is 14.9 Å². The summed E-state index contributed by atoms with van der Waals surface area (Å²) >= 11 is 0. The fourth-order valence-electron chi connectivity index (χ4n) is 4.59. The van der Waals surface area contributed by atoms with Crippen LogP contribution in [0.4, 0.5) is 4.79 Å². The van der Waals surface area contributed by atoms with Crippen LogP contribution >= 0.6 is 0 Å². The molecule has 12 nitrogen and oxygen atoms in total. The predicted octanol–water partition coefficient (Wildman–Crippen LogP) is 2.15. The van der Waals surface area contributed by atoms with Crippen molar-refractivity contribution >= 4 is 35.8 Å². The molecule has 0 saturated carbocycles. The number of nitrogens with zero attached hydrogens (tertiary/aromatic N) is 3.